The Bertz CT molecular complexity index is 312. The molecule has 2 unspecified atom stereocenters. The summed E-state index contributed by atoms with van der Waals surface area (Å²) in [5.41, 5.74) is 5.68. The quantitative estimate of drug-likeness (QED) is 0.755. The van der Waals surface area contributed by atoms with Gasteiger partial charge in [0, 0.05) is 19.6 Å². The van der Waals surface area contributed by atoms with Crippen LogP contribution in [0.2, 0.25) is 0 Å². The van der Waals surface area contributed by atoms with E-state index in [1.54, 1.807) is 7.11 Å². The molecule has 1 aromatic rings. The van der Waals surface area contributed by atoms with E-state index < -0.39 is 0 Å². The Labute approximate surface area is 103 Å². The van der Waals surface area contributed by atoms with Crippen molar-refractivity contribution in [2.24, 2.45) is 5.73 Å². The van der Waals surface area contributed by atoms with Crippen LogP contribution >= 0.6 is 0 Å². The normalized spacial score (nSPS) is 14.8. The average molecular weight is 241 g/mol. The van der Waals surface area contributed by atoms with Gasteiger partial charge in [-0.1, -0.05) is 18.5 Å². The van der Waals surface area contributed by atoms with Crippen LogP contribution in [0.3, 0.4) is 0 Å². The van der Waals surface area contributed by atoms with Gasteiger partial charge >= 0.3 is 0 Å². The standard InChI is InChI=1S/C12H23N3O2/c1-4-6-10(16-3)12-14-11(17-15-12)8-5-7-9(2)13/h9-10H,4-8,13H2,1-3H3. The minimum absolute atomic E-state index is 0.0501. The lowest BCUT2D eigenvalue weighted by atomic mass is 10.1. The first-order valence-corrected chi connectivity index (χ1v) is 6.28. The number of ether oxygens (including phenoxy) is 1. The molecular formula is C12H23N3O2. The maximum absolute atomic E-state index is 5.68. The van der Waals surface area contributed by atoms with Gasteiger partial charge in [0.05, 0.1) is 0 Å². The van der Waals surface area contributed by atoms with Gasteiger partial charge in [-0.15, -0.1) is 0 Å². The monoisotopic (exact) mass is 241 g/mol. The Kier molecular flexibility index (Phi) is 6.15. The summed E-state index contributed by atoms with van der Waals surface area (Å²) in [5, 5.41) is 3.96. The zero-order valence-electron chi connectivity index (χ0n) is 11.0. The third-order valence-corrected chi connectivity index (χ3v) is 2.66. The minimum atomic E-state index is -0.0501. The van der Waals surface area contributed by atoms with Gasteiger partial charge < -0.3 is 15.0 Å². The van der Waals surface area contributed by atoms with E-state index in [9.17, 15) is 0 Å². The summed E-state index contributed by atoms with van der Waals surface area (Å²) in [5.74, 6) is 1.34. The molecule has 0 fully saturated rings. The molecule has 0 bridgehead atoms. The number of aryl methyl sites for hydroxylation is 1. The Morgan fingerprint density at radius 3 is 2.76 bits per heavy atom. The van der Waals surface area contributed by atoms with Crippen LogP contribution in [0.15, 0.2) is 4.52 Å². The molecule has 1 aromatic heterocycles. The number of hydrogen-bond donors (Lipinski definition) is 1. The van der Waals surface area contributed by atoms with Crippen molar-refractivity contribution in [2.75, 3.05) is 7.11 Å². The van der Waals surface area contributed by atoms with Gasteiger partial charge in [-0.05, 0) is 26.2 Å². The van der Waals surface area contributed by atoms with Crippen molar-refractivity contribution in [1.29, 1.82) is 0 Å². The molecule has 5 heteroatoms. The van der Waals surface area contributed by atoms with E-state index in [0.717, 1.165) is 32.1 Å². The van der Waals surface area contributed by atoms with Crippen LogP contribution in [-0.2, 0) is 11.2 Å². The molecular weight excluding hydrogens is 218 g/mol. The van der Waals surface area contributed by atoms with Crippen molar-refractivity contribution in [2.45, 2.75) is 58.1 Å². The molecule has 0 amide bonds. The largest absolute Gasteiger partial charge is 0.373 e. The summed E-state index contributed by atoms with van der Waals surface area (Å²) in [4.78, 5) is 4.35. The van der Waals surface area contributed by atoms with Crippen LogP contribution < -0.4 is 5.73 Å². The molecule has 0 aliphatic rings. The number of nitrogens with two attached hydrogens (primary N) is 1. The van der Waals surface area contributed by atoms with Crippen LogP contribution in [0.25, 0.3) is 0 Å². The molecule has 0 aromatic carbocycles. The summed E-state index contributed by atoms with van der Waals surface area (Å²) >= 11 is 0. The van der Waals surface area contributed by atoms with Crippen molar-refractivity contribution in [3.05, 3.63) is 11.7 Å². The van der Waals surface area contributed by atoms with E-state index in [1.165, 1.54) is 0 Å². The van der Waals surface area contributed by atoms with Crippen molar-refractivity contribution >= 4 is 0 Å². The highest BCUT2D eigenvalue weighted by Gasteiger charge is 2.16. The minimum Gasteiger partial charge on any atom is -0.373 e. The van der Waals surface area contributed by atoms with Crippen molar-refractivity contribution in [1.82, 2.24) is 10.1 Å². The fourth-order valence-electron chi connectivity index (χ4n) is 1.69. The molecule has 0 radical (unpaired) electrons. The van der Waals surface area contributed by atoms with Crippen molar-refractivity contribution < 1.29 is 9.26 Å². The van der Waals surface area contributed by atoms with Crippen LogP contribution in [0.1, 0.15) is 57.3 Å². The second-order valence-electron chi connectivity index (χ2n) is 4.43. The van der Waals surface area contributed by atoms with Gasteiger partial charge in [-0.25, -0.2) is 0 Å². The highest BCUT2D eigenvalue weighted by Crippen LogP contribution is 2.19. The summed E-state index contributed by atoms with van der Waals surface area (Å²) in [6.07, 6.45) is 4.64. The number of rotatable bonds is 8. The zero-order chi connectivity index (χ0) is 12.7. The summed E-state index contributed by atoms with van der Waals surface area (Å²) in [6, 6.07) is 0.226. The van der Waals surface area contributed by atoms with Gasteiger partial charge in [0.25, 0.3) is 0 Å². The van der Waals surface area contributed by atoms with E-state index in [0.29, 0.717) is 11.7 Å². The molecule has 5 nitrogen and oxygen atoms in total. The molecule has 1 rings (SSSR count). The summed E-state index contributed by atoms with van der Waals surface area (Å²) in [7, 11) is 1.67. The predicted molar refractivity (Wildman–Crippen MR) is 65.5 cm³/mol. The molecule has 2 atom stereocenters. The number of hydrogen-bond acceptors (Lipinski definition) is 5. The Hall–Kier alpha value is -0.940. The molecule has 1 heterocycles. The predicted octanol–water partition coefficient (Wildman–Crippen LogP) is 2.23. The third-order valence-electron chi connectivity index (χ3n) is 2.66. The van der Waals surface area contributed by atoms with Crippen LogP contribution in [0.4, 0.5) is 0 Å². The average Bonchev–Trinajstić information content (AvgIpc) is 2.74. The number of methoxy groups -OCH3 is 1. The molecule has 17 heavy (non-hydrogen) atoms. The lowest BCUT2D eigenvalue weighted by Gasteiger charge is -2.08. The first-order chi connectivity index (χ1) is 8.17. The SMILES string of the molecule is CCCC(OC)c1noc(CCCC(C)N)n1. The van der Waals surface area contributed by atoms with Crippen LogP contribution in [0, 0.1) is 0 Å². The maximum atomic E-state index is 5.68. The topological polar surface area (TPSA) is 74.2 Å². The van der Waals surface area contributed by atoms with E-state index in [4.69, 9.17) is 15.0 Å². The van der Waals surface area contributed by atoms with Crippen LogP contribution in [-0.4, -0.2) is 23.3 Å². The summed E-state index contributed by atoms with van der Waals surface area (Å²) < 4.78 is 10.5. The molecule has 0 aliphatic heterocycles. The second-order valence-corrected chi connectivity index (χ2v) is 4.43. The smallest absolute Gasteiger partial charge is 0.226 e. The Balaban J connectivity index is 2.46. The lowest BCUT2D eigenvalue weighted by Crippen LogP contribution is -2.14. The van der Waals surface area contributed by atoms with Crippen LogP contribution in [0.5, 0.6) is 0 Å². The number of aromatic nitrogens is 2. The fourth-order valence-corrected chi connectivity index (χ4v) is 1.69. The molecule has 0 aliphatic carbocycles. The summed E-state index contributed by atoms with van der Waals surface area (Å²) in [6.45, 7) is 4.11. The number of nitrogens with zero attached hydrogens (tertiary/aromatic N) is 2. The van der Waals surface area contributed by atoms with Gasteiger partial charge in [-0.3, -0.25) is 0 Å². The molecule has 0 spiro atoms. The maximum Gasteiger partial charge on any atom is 0.226 e. The Morgan fingerprint density at radius 1 is 1.41 bits per heavy atom. The van der Waals surface area contributed by atoms with E-state index in [-0.39, 0.29) is 12.1 Å². The molecule has 0 saturated heterocycles. The first-order valence-electron chi connectivity index (χ1n) is 6.28. The highest BCUT2D eigenvalue weighted by atomic mass is 16.5. The lowest BCUT2D eigenvalue weighted by molar-refractivity contribution is 0.0854. The third kappa shape index (κ3) is 4.83. The molecule has 0 saturated carbocycles. The first kappa shape index (κ1) is 14.1. The molecule has 98 valence electrons. The highest BCUT2D eigenvalue weighted by molar-refractivity contribution is 4.91. The Morgan fingerprint density at radius 2 is 2.18 bits per heavy atom. The second kappa shape index (κ2) is 7.40. The van der Waals surface area contributed by atoms with E-state index >= 15 is 0 Å². The van der Waals surface area contributed by atoms with Gasteiger partial charge in [0.15, 0.2) is 0 Å². The van der Waals surface area contributed by atoms with Gasteiger partial charge in [0.2, 0.25) is 11.7 Å². The molecule has 2 N–H and O–H groups in total. The van der Waals surface area contributed by atoms with Gasteiger partial charge in [-0.2, -0.15) is 4.98 Å². The fraction of sp³-hybridized carbons (Fsp3) is 0.833. The van der Waals surface area contributed by atoms with Gasteiger partial charge in [0.1, 0.15) is 6.10 Å². The van der Waals surface area contributed by atoms with E-state index in [2.05, 4.69) is 17.1 Å². The van der Waals surface area contributed by atoms with Crippen molar-refractivity contribution in [3.8, 4) is 0 Å². The van der Waals surface area contributed by atoms with Crippen molar-refractivity contribution in [3.63, 3.8) is 0 Å². The van der Waals surface area contributed by atoms with E-state index in [1.807, 2.05) is 6.92 Å². The zero-order valence-corrected chi connectivity index (χ0v) is 11.0.